The molecule has 11 rings (SSSR count). The monoisotopic (exact) mass is 757 g/mol. The first-order valence-corrected chi connectivity index (χ1v) is 20.3. The van der Waals surface area contributed by atoms with Gasteiger partial charge in [-0.3, -0.25) is 0 Å². The average Bonchev–Trinajstić information content (AvgIpc) is 3.71. The van der Waals surface area contributed by atoms with E-state index in [1.165, 1.54) is 27.8 Å². The van der Waals surface area contributed by atoms with Crippen LogP contribution in [0, 0.1) is 0 Å². The van der Waals surface area contributed by atoms with Crippen LogP contribution in [0.2, 0.25) is 0 Å². The summed E-state index contributed by atoms with van der Waals surface area (Å²) in [4.78, 5) is 10.6. The SMILES string of the molecule is C1=C(c2ccccc2)C=C(c2cccc(-c3cc(C4N=C(c5ccccc5)NC(c5ccccc5)=N4)c4oc5c6ccccc6ccc5c4c3)c2)CC1c1ccccc1. The molecule has 59 heavy (non-hydrogen) atoms. The fourth-order valence-electron chi connectivity index (χ4n) is 8.70. The lowest BCUT2D eigenvalue weighted by atomic mass is 9.81. The van der Waals surface area contributed by atoms with Gasteiger partial charge in [0.15, 0.2) is 6.17 Å². The van der Waals surface area contributed by atoms with Crippen molar-refractivity contribution in [3.63, 3.8) is 0 Å². The van der Waals surface area contributed by atoms with Crippen molar-refractivity contribution in [2.24, 2.45) is 9.98 Å². The van der Waals surface area contributed by atoms with E-state index < -0.39 is 6.17 Å². The lowest BCUT2D eigenvalue weighted by Crippen LogP contribution is -2.36. The van der Waals surface area contributed by atoms with E-state index in [0.29, 0.717) is 0 Å². The van der Waals surface area contributed by atoms with Crippen LogP contribution in [-0.2, 0) is 0 Å². The highest BCUT2D eigenvalue weighted by Crippen LogP contribution is 2.43. The van der Waals surface area contributed by atoms with Crippen LogP contribution in [0.4, 0.5) is 0 Å². The summed E-state index contributed by atoms with van der Waals surface area (Å²) >= 11 is 0. The van der Waals surface area contributed by atoms with Crippen LogP contribution in [0.5, 0.6) is 0 Å². The van der Waals surface area contributed by atoms with E-state index in [9.17, 15) is 0 Å². The molecule has 1 unspecified atom stereocenters. The number of hydrogen-bond acceptors (Lipinski definition) is 4. The number of amidine groups is 2. The third-order valence-electron chi connectivity index (χ3n) is 11.7. The van der Waals surface area contributed by atoms with Crippen molar-refractivity contribution < 1.29 is 4.42 Å². The van der Waals surface area contributed by atoms with Crippen molar-refractivity contribution in [1.29, 1.82) is 0 Å². The second kappa shape index (κ2) is 14.7. The first kappa shape index (κ1) is 34.7. The summed E-state index contributed by atoms with van der Waals surface area (Å²) in [6.07, 6.45) is 5.16. The zero-order valence-electron chi connectivity index (χ0n) is 32.3. The minimum Gasteiger partial charge on any atom is -0.455 e. The highest BCUT2D eigenvalue weighted by Gasteiger charge is 2.26. The molecule has 4 nitrogen and oxygen atoms in total. The van der Waals surface area contributed by atoms with Gasteiger partial charge in [0.25, 0.3) is 0 Å². The Hall–Kier alpha value is -7.56. The molecule has 0 spiro atoms. The van der Waals surface area contributed by atoms with E-state index in [1.807, 2.05) is 36.4 Å². The van der Waals surface area contributed by atoms with Gasteiger partial charge < -0.3 is 9.73 Å². The molecule has 4 heteroatoms. The van der Waals surface area contributed by atoms with Crippen LogP contribution in [0.15, 0.2) is 221 Å². The first-order chi connectivity index (χ1) is 29.2. The summed E-state index contributed by atoms with van der Waals surface area (Å²) < 4.78 is 6.98. The van der Waals surface area contributed by atoms with E-state index in [1.54, 1.807) is 0 Å². The number of aliphatic imine (C=N–C) groups is 2. The molecular weight excluding hydrogens is 719 g/mol. The van der Waals surface area contributed by atoms with E-state index in [0.717, 1.165) is 78.6 Å². The van der Waals surface area contributed by atoms with E-state index in [4.69, 9.17) is 14.4 Å². The van der Waals surface area contributed by atoms with Gasteiger partial charge in [-0.25, -0.2) is 9.98 Å². The van der Waals surface area contributed by atoms with E-state index >= 15 is 0 Å². The number of nitrogens with zero attached hydrogens (tertiary/aromatic N) is 2. The van der Waals surface area contributed by atoms with Gasteiger partial charge in [-0.05, 0) is 75.0 Å². The highest BCUT2D eigenvalue weighted by atomic mass is 16.3. The molecule has 8 aromatic carbocycles. The molecule has 2 aliphatic rings. The maximum Gasteiger partial charge on any atom is 0.173 e. The predicted molar refractivity (Wildman–Crippen MR) is 245 cm³/mol. The summed E-state index contributed by atoms with van der Waals surface area (Å²) in [6, 6.07) is 68.5. The number of nitrogens with one attached hydrogen (secondary N) is 1. The zero-order chi connectivity index (χ0) is 39.1. The molecule has 280 valence electrons. The van der Waals surface area contributed by atoms with Crippen LogP contribution < -0.4 is 5.32 Å². The van der Waals surface area contributed by atoms with Gasteiger partial charge in [-0.2, -0.15) is 0 Å². The van der Waals surface area contributed by atoms with E-state index in [-0.39, 0.29) is 5.92 Å². The topological polar surface area (TPSA) is 49.9 Å². The quantitative estimate of drug-likeness (QED) is 0.176. The Bertz CT molecular complexity index is 3090. The van der Waals surface area contributed by atoms with Crippen LogP contribution in [0.3, 0.4) is 0 Å². The molecule has 1 aliphatic carbocycles. The molecule has 1 aromatic heterocycles. The first-order valence-electron chi connectivity index (χ1n) is 20.3. The Morgan fingerprint density at radius 2 is 1.07 bits per heavy atom. The highest BCUT2D eigenvalue weighted by molar-refractivity contribution is 6.18. The average molecular weight is 758 g/mol. The summed E-state index contributed by atoms with van der Waals surface area (Å²) in [6.45, 7) is 0. The van der Waals surface area contributed by atoms with E-state index in [2.05, 4.69) is 175 Å². The Kier molecular flexibility index (Phi) is 8.66. The molecule has 2 heterocycles. The van der Waals surface area contributed by atoms with Gasteiger partial charge in [-0.15, -0.1) is 0 Å². The van der Waals surface area contributed by atoms with Crippen molar-refractivity contribution in [1.82, 2.24) is 5.32 Å². The van der Waals surface area contributed by atoms with Gasteiger partial charge in [0.1, 0.15) is 22.8 Å². The number of hydrogen-bond donors (Lipinski definition) is 1. The minimum atomic E-state index is -0.564. The molecule has 1 N–H and O–H groups in total. The fraction of sp³-hybridized carbons (Fsp3) is 0.0545. The van der Waals surface area contributed by atoms with Crippen LogP contribution in [0.1, 0.15) is 51.9 Å². The molecule has 1 aliphatic heterocycles. The summed E-state index contributed by atoms with van der Waals surface area (Å²) in [7, 11) is 0. The smallest absolute Gasteiger partial charge is 0.173 e. The number of rotatable bonds is 7. The normalized spacial score (nSPS) is 15.7. The second-order valence-corrected chi connectivity index (χ2v) is 15.4. The Morgan fingerprint density at radius 1 is 0.458 bits per heavy atom. The Labute approximate surface area is 343 Å². The lowest BCUT2D eigenvalue weighted by Gasteiger charge is -2.24. The largest absolute Gasteiger partial charge is 0.455 e. The molecule has 0 bridgehead atoms. The number of allylic oxidation sites excluding steroid dienone is 4. The molecule has 0 radical (unpaired) electrons. The van der Waals surface area contributed by atoms with Crippen molar-refractivity contribution in [3.05, 3.63) is 240 Å². The van der Waals surface area contributed by atoms with Crippen molar-refractivity contribution in [2.45, 2.75) is 18.5 Å². The standard InChI is InChI=1S/C55H39N3O/c1-5-16-36(17-6-1)43-31-44(37-18-7-2-8-19-37)33-45(32-43)41-25-15-26-42(30-41)46-34-49-48-29-28-38-20-13-14-27-47(38)51(48)59-52(49)50(35-46)55-57-53(39-21-9-3-10-22-39)56-54(58-55)40-23-11-4-12-24-40/h1-32,34-35,44,55H,33H2,(H,56,57,58). The predicted octanol–water partition coefficient (Wildman–Crippen LogP) is 13.6. The van der Waals surface area contributed by atoms with Crippen molar-refractivity contribution in [2.75, 3.05) is 0 Å². The summed E-state index contributed by atoms with van der Waals surface area (Å²) in [5.41, 5.74) is 13.1. The fourth-order valence-corrected chi connectivity index (χ4v) is 8.70. The van der Waals surface area contributed by atoms with Crippen LogP contribution in [-0.4, -0.2) is 11.7 Å². The third kappa shape index (κ3) is 6.55. The van der Waals surface area contributed by atoms with Gasteiger partial charge in [0.2, 0.25) is 0 Å². The molecule has 0 fully saturated rings. The summed E-state index contributed by atoms with van der Waals surface area (Å²) in [5, 5.41) is 7.91. The van der Waals surface area contributed by atoms with Crippen molar-refractivity contribution in [3.8, 4) is 11.1 Å². The Balaban J connectivity index is 1.10. The minimum absolute atomic E-state index is 0.262. The van der Waals surface area contributed by atoms with Crippen molar-refractivity contribution >= 4 is 55.5 Å². The van der Waals surface area contributed by atoms with Gasteiger partial charge in [-0.1, -0.05) is 182 Å². The maximum atomic E-state index is 6.98. The van der Waals surface area contributed by atoms with Crippen LogP contribution >= 0.6 is 0 Å². The number of benzene rings is 8. The third-order valence-corrected chi connectivity index (χ3v) is 11.7. The molecule has 0 saturated heterocycles. The van der Waals surface area contributed by atoms with Gasteiger partial charge >= 0.3 is 0 Å². The maximum absolute atomic E-state index is 6.98. The molecule has 0 amide bonds. The molecule has 9 aromatic rings. The summed E-state index contributed by atoms with van der Waals surface area (Å²) in [5.74, 6) is 1.80. The van der Waals surface area contributed by atoms with Crippen LogP contribution in [0.25, 0.3) is 55.0 Å². The lowest BCUT2D eigenvalue weighted by molar-refractivity contribution is 0.652. The molecule has 0 saturated carbocycles. The Morgan fingerprint density at radius 3 is 1.78 bits per heavy atom. The second-order valence-electron chi connectivity index (χ2n) is 15.4. The number of furan rings is 1. The van der Waals surface area contributed by atoms with Gasteiger partial charge in [0, 0.05) is 38.8 Å². The molecule has 1 atom stereocenters. The zero-order valence-corrected chi connectivity index (χ0v) is 32.3. The number of fused-ring (bicyclic) bond motifs is 5. The van der Waals surface area contributed by atoms with Gasteiger partial charge in [0.05, 0.1) is 0 Å². The molecular formula is C55H39N3O.